The molecule has 1 aliphatic heterocycles. The van der Waals surface area contributed by atoms with Crippen molar-refractivity contribution in [2.75, 3.05) is 6.54 Å². The van der Waals surface area contributed by atoms with Gasteiger partial charge in [-0.3, -0.25) is 14.5 Å². The molecule has 3 aromatic rings. The van der Waals surface area contributed by atoms with Crippen LogP contribution >= 0.6 is 35.3 Å². The molecular formula is C19H14N2O4S3. The molecule has 3 heterocycles. The summed E-state index contributed by atoms with van der Waals surface area (Å²) in [6.07, 6.45) is 2.02. The van der Waals surface area contributed by atoms with E-state index in [1.54, 1.807) is 23.5 Å². The van der Waals surface area contributed by atoms with Gasteiger partial charge in [0.15, 0.2) is 10.8 Å². The molecule has 142 valence electrons. The number of rotatable bonds is 6. The van der Waals surface area contributed by atoms with Crippen LogP contribution in [0.15, 0.2) is 45.7 Å². The Hall–Kier alpha value is -2.49. The number of thiocarbonyl (C=S) groups is 1. The summed E-state index contributed by atoms with van der Waals surface area (Å²) in [4.78, 5) is 29.7. The summed E-state index contributed by atoms with van der Waals surface area (Å²) < 4.78 is 7.37. The molecule has 1 amide bonds. The molecule has 6 nitrogen and oxygen atoms in total. The van der Waals surface area contributed by atoms with Crippen molar-refractivity contribution >= 4 is 67.8 Å². The fourth-order valence-corrected chi connectivity index (χ4v) is 4.95. The number of para-hydroxylation sites is 1. The number of carbonyl (C=O) groups is 2. The zero-order valence-corrected chi connectivity index (χ0v) is 16.9. The standard InChI is InChI=1S/C19H14N2O4S3/c22-16(23)6-3-9-21-18(24)15(28-19(21)26)10-11-7-8-13(25-11)17-20-12-4-1-2-5-14(12)27-17/h1-2,4-5,7-8,10H,3,6,9H2,(H,22,23). The van der Waals surface area contributed by atoms with Crippen molar-refractivity contribution in [3.63, 3.8) is 0 Å². The van der Waals surface area contributed by atoms with E-state index in [0.717, 1.165) is 15.2 Å². The number of aliphatic carboxylic acids is 1. The number of amides is 1. The van der Waals surface area contributed by atoms with Crippen LogP contribution in [0.25, 0.3) is 27.1 Å². The Morgan fingerprint density at radius 1 is 1.29 bits per heavy atom. The SMILES string of the molecule is O=C(O)CCCN1C(=O)C(=Cc2ccc(-c3nc4ccccc4s3)o2)SC1=S. The van der Waals surface area contributed by atoms with Crippen LogP contribution in [0.5, 0.6) is 0 Å². The average Bonchev–Trinajstić information content (AvgIpc) is 3.35. The highest BCUT2D eigenvalue weighted by atomic mass is 32.2. The highest BCUT2D eigenvalue weighted by Gasteiger charge is 2.32. The molecule has 1 aliphatic rings. The Morgan fingerprint density at radius 2 is 2.11 bits per heavy atom. The van der Waals surface area contributed by atoms with Gasteiger partial charge < -0.3 is 9.52 Å². The number of hydrogen-bond acceptors (Lipinski definition) is 7. The van der Waals surface area contributed by atoms with E-state index in [1.165, 1.54) is 16.7 Å². The second kappa shape index (κ2) is 7.86. The minimum Gasteiger partial charge on any atom is -0.481 e. The summed E-state index contributed by atoms with van der Waals surface area (Å²) in [5, 5.41) is 9.52. The number of benzene rings is 1. The molecule has 0 aliphatic carbocycles. The molecule has 0 unspecified atom stereocenters. The van der Waals surface area contributed by atoms with Crippen LogP contribution < -0.4 is 0 Å². The van der Waals surface area contributed by atoms with Crippen LogP contribution in [0, 0.1) is 0 Å². The van der Waals surface area contributed by atoms with Crippen molar-refractivity contribution < 1.29 is 19.1 Å². The Morgan fingerprint density at radius 3 is 2.89 bits per heavy atom. The number of thioether (sulfide) groups is 1. The average molecular weight is 431 g/mol. The number of nitrogens with zero attached hydrogens (tertiary/aromatic N) is 2. The van der Waals surface area contributed by atoms with Crippen molar-refractivity contribution in [3.8, 4) is 10.8 Å². The number of fused-ring (bicyclic) bond motifs is 1. The van der Waals surface area contributed by atoms with Crippen molar-refractivity contribution in [1.82, 2.24) is 9.88 Å². The van der Waals surface area contributed by atoms with E-state index in [9.17, 15) is 9.59 Å². The zero-order chi connectivity index (χ0) is 19.7. The van der Waals surface area contributed by atoms with Crippen molar-refractivity contribution in [1.29, 1.82) is 0 Å². The molecule has 0 atom stereocenters. The number of carboxylic acid groups (broad SMARTS) is 1. The second-order valence-electron chi connectivity index (χ2n) is 6.02. The smallest absolute Gasteiger partial charge is 0.303 e. The van der Waals surface area contributed by atoms with Gasteiger partial charge in [0.1, 0.15) is 10.1 Å². The van der Waals surface area contributed by atoms with Gasteiger partial charge in [0.25, 0.3) is 5.91 Å². The first-order chi connectivity index (χ1) is 13.5. The summed E-state index contributed by atoms with van der Waals surface area (Å²) in [6, 6.07) is 11.5. The molecule has 28 heavy (non-hydrogen) atoms. The quantitative estimate of drug-likeness (QED) is 0.451. The maximum Gasteiger partial charge on any atom is 0.303 e. The van der Waals surface area contributed by atoms with Gasteiger partial charge in [-0.25, -0.2) is 4.98 Å². The summed E-state index contributed by atoms with van der Waals surface area (Å²) in [7, 11) is 0. The Kier molecular flexibility index (Phi) is 5.29. The van der Waals surface area contributed by atoms with Gasteiger partial charge in [-0.15, -0.1) is 11.3 Å². The Bertz CT molecular complexity index is 1080. The van der Waals surface area contributed by atoms with Crippen molar-refractivity contribution in [2.45, 2.75) is 12.8 Å². The van der Waals surface area contributed by atoms with Crippen LogP contribution in [0.1, 0.15) is 18.6 Å². The van der Waals surface area contributed by atoms with E-state index in [-0.39, 0.29) is 12.3 Å². The van der Waals surface area contributed by atoms with E-state index >= 15 is 0 Å². The summed E-state index contributed by atoms with van der Waals surface area (Å²) in [6.45, 7) is 0.295. The summed E-state index contributed by atoms with van der Waals surface area (Å²) in [5.41, 5.74) is 0.919. The van der Waals surface area contributed by atoms with Crippen LogP contribution in [-0.4, -0.2) is 37.7 Å². The number of aromatic nitrogens is 1. The molecule has 0 radical (unpaired) electrons. The normalized spacial score (nSPS) is 15.9. The first kappa shape index (κ1) is 18.9. The van der Waals surface area contributed by atoms with Crippen molar-refractivity contribution in [2.24, 2.45) is 0 Å². The van der Waals surface area contributed by atoms with E-state index in [4.69, 9.17) is 21.7 Å². The third kappa shape index (κ3) is 3.87. The first-order valence-corrected chi connectivity index (χ1v) is 10.5. The fraction of sp³-hybridized carbons (Fsp3) is 0.158. The number of hydrogen-bond donors (Lipinski definition) is 1. The lowest BCUT2D eigenvalue weighted by molar-refractivity contribution is -0.137. The summed E-state index contributed by atoms with van der Waals surface area (Å²) >= 11 is 7.99. The predicted octanol–water partition coefficient (Wildman–Crippen LogP) is 4.62. The molecule has 1 aromatic carbocycles. The molecule has 0 saturated carbocycles. The molecule has 9 heteroatoms. The maximum absolute atomic E-state index is 12.5. The lowest BCUT2D eigenvalue weighted by Crippen LogP contribution is -2.29. The first-order valence-electron chi connectivity index (χ1n) is 8.44. The lowest BCUT2D eigenvalue weighted by atomic mass is 10.3. The van der Waals surface area contributed by atoms with Gasteiger partial charge in [0.2, 0.25) is 0 Å². The summed E-state index contributed by atoms with van der Waals surface area (Å²) in [5.74, 6) is 0.0713. The third-order valence-corrected chi connectivity index (χ3v) is 6.48. The lowest BCUT2D eigenvalue weighted by Gasteiger charge is -2.13. The highest BCUT2D eigenvalue weighted by molar-refractivity contribution is 8.26. The van der Waals surface area contributed by atoms with Gasteiger partial charge >= 0.3 is 5.97 Å². The molecule has 4 rings (SSSR count). The van der Waals surface area contributed by atoms with Gasteiger partial charge in [-0.2, -0.15) is 0 Å². The highest BCUT2D eigenvalue weighted by Crippen LogP contribution is 2.35. The predicted molar refractivity (Wildman–Crippen MR) is 114 cm³/mol. The number of carboxylic acids is 1. The third-order valence-electron chi connectivity index (χ3n) is 4.05. The monoisotopic (exact) mass is 430 g/mol. The van der Waals surface area contributed by atoms with Gasteiger partial charge in [0.05, 0.1) is 15.1 Å². The molecular weight excluding hydrogens is 416 g/mol. The number of furan rings is 1. The molecule has 0 spiro atoms. The minimum atomic E-state index is -0.890. The topological polar surface area (TPSA) is 83.6 Å². The fourth-order valence-electron chi connectivity index (χ4n) is 2.73. The van der Waals surface area contributed by atoms with Crippen molar-refractivity contribution in [3.05, 3.63) is 47.1 Å². The van der Waals surface area contributed by atoms with E-state index in [1.807, 2.05) is 30.3 Å². The number of thiazole rings is 1. The molecule has 1 N–H and O–H groups in total. The van der Waals surface area contributed by atoms with E-state index in [0.29, 0.717) is 33.7 Å². The Balaban J connectivity index is 1.51. The largest absolute Gasteiger partial charge is 0.481 e. The minimum absolute atomic E-state index is 0.000180. The van der Waals surface area contributed by atoms with E-state index in [2.05, 4.69) is 4.98 Å². The van der Waals surface area contributed by atoms with Gasteiger partial charge in [-0.1, -0.05) is 36.1 Å². The zero-order valence-electron chi connectivity index (χ0n) is 14.5. The molecule has 2 aromatic heterocycles. The molecule has 0 bridgehead atoms. The van der Waals surface area contributed by atoms with Crippen LogP contribution in [-0.2, 0) is 9.59 Å². The number of carbonyl (C=O) groups excluding carboxylic acids is 1. The van der Waals surface area contributed by atoms with Gasteiger partial charge in [-0.05, 0) is 30.7 Å². The molecule has 1 saturated heterocycles. The maximum atomic E-state index is 12.5. The Labute approximate surface area is 173 Å². The second-order valence-corrected chi connectivity index (χ2v) is 8.73. The van der Waals surface area contributed by atoms with Gasteiger partial charge in [0, 0.05) is 19.0 Å². The van der Waals surface area contributed by atoms with Crippen LogP contribution in [0.3, 0.4) is 0 Å². The molecule has 1 fully saturated rings. The van der Waals surface area contributed by atoms with E-state index < -0.39 is 5.97 Å². The van der Waals surface area contributed by atoms with Crippen LogP contribution in [0.4, 0.5) is 0 Å². The van der Waals surface area contributed by atoms with Crippen LogP contribution in [0.2, 0.25) is 0 Å².